The summed E-state index contributed by atoms with van der Waals surface area (Å²) in [6.45, 7) is 1.82. The molecule has 0 saturated carbocycles. The van der Waals surface area contributed by atoms with E-state index in [0.717, 1.165) is 10.6 Å². The molecule has 2 aliphatic rings. The summed E-state index contributed by atoms with van der Waals surface area (Å²) in [4.78, 5) is 31.9. The summed E-state index contributed by atoms with van der Waals surface area (Å²) >= 11 is 6.14. The number of hydrogen-bond acceptors (Lipinski definition) is 5. The van der Waals surface area contributed by atoms with Crippen LogP contribution in [-0.4, -0.2) is 33.4 Å². The number of carbonyl (C=O) groups is 2. The number of para-hydroxylation sites is 1. The summed E-state index contributed by atoms with van der Waals surface area (Å²) in [5.74, 6) is -1.63. The second-order valence-corrected chi connectivity index (χ2v) is 6.15. The van der Waals surface area contributed by atoms with Gasteiger partial charge in [0.25, 0.3) is 5.91 Å². The predicted molar refractivity (Wildman–Crippen MR) is 86.8 cm³/mol. The molecule has 0 unspecified atom stereocenters. The van der Waals surface area contributed by atoms with Gasteiger partial charge in [-0.15, -0.1) is 0 Å². The average Bonchev–Trinajstić information content (AvgIpc) is 3.17. The second kappa shape index (κ2) is 5.17. The highest BCUT2D eigenvalue weighted by atomic mass is 35.5. The average molecular weight is 345 g/mol. The number of hydrogen-bond donors (Lipinski definition) is 0. The number of aromatic nitrogens is 2. The summed E-state index contributed by atoms with van der Waals surface area (Å²) in [5, 5.41) is 8.56. The number of nitrogens with zero attached hydrogens (tertiary/aromatic N) is 4. The lowest BCUT2D eigenvalue weighted by Gasteiger charge is -2.16. The van der Waals surface area contributed by atoms with Crippen molar-refractivity contribution in [3.05, 3.63) is 46.7 Å². The van der Waals surface area contributed by atoms with Gasteiger partial charge in [0.1, 0.15) is 11.6 Å². The molecule has 0 N–H and O–H groups in total. The molecule has 0 radical (unpaired) electrons. The minimum Gasteiger partial charge on any atom is -0.381 e. The summed E-state index contributed by atoms with van der Waals surface area (Å²) in [6.07, 6.45) is 0.805. The van der Waals surface area contributed by atoms with Crippen molar-refractivity contribution >= 4 is 34.8 Å². The number of imide groups is 1. The van der Waals surface area contributed by atoms with Gasteiger partial charge in [-0.25, -0.2) is 4.90 Å². The zero-order valence-electron chi connectivity index (χ0n) is 12.9. The third kappa shape index (κ3) is 1.98. The first-order valence-electron chi connectivity index (χ1n) is 7.35. The van der Waals surface area contributed by atoms with Crippen LogP contribution in [0.3, 0.4) is 0 Å². The van der Waals surface area contributed by atoms with Crippen LogP contribution in [0.1, 0.15) is 11.3 Å². The van der Waals surface area contributed by atoms with Gasteiger partial charge in [0.2, 0.25) is 12.0 Å². The molecule has 1 aromatic heterocycles. The maximum absolute atomic E-state index is 12.9. The Labute approximate surface area is 142 Å². The molecule has 2 atom stereocenters. The highest BCUT2D eigenvalue weighted by Crippen LogP contribution is 2.37. The molecule has 2 aliphatic heterocycles. The molecule has 0 spiro atoms. The van der Waals surface area contributed by atoms with Crippen LogP contribution < -0.4 is 4.90 Å². The number of benzene rings is 1. The monoisotopic (exact) mass is 344 g/mol. The Balaban J connectivity index is 1.76. The third-order valence-corrected chi connectivity index (χ3v) is 4.51. The normalized spacial score (nSPS) is 22.6. The van der Waals surface area contributed by atoms with E-state index in [0.29, 0.717) is 22.0 Å². The van der Waals surface area contributed by atoms with Gasteiger partial charge in [-0.3, -0.25) is 14.3 Å². The van der Waals surface area contributed by atoms with E-state index in [1.54, 1.807) is 42.2 Å². The van der Waals surface area contributed by atoms with Gasteiger partial charge in [-0.05, 0) is 19.1 Å². The first kappa shape index (κ1) is 14.9. The molecule has 0 bridgehead atoms. The number of carbonyl (C=O) groups excluding carboxylic acids is 2. The number of anilines is 1. The predicted octanol–water partition coefficient (Wildman–Crippen LogP) is 1.67. The van der Waals surface area contributed by atoms with Gasteiger partial charge in [-0.1, -0.05) is 28.9 Å². The molecule has 1 aromatic carbocycles. The third-order valence-electron chi connectivity index (χ3n) is 4.19. The molecular formula is C16H13ClN4O3. The van der Waals surface area contributed by atoms with Gasteiger partial charge in [0.05, 0.1) is 16.4 Å². The molecule has 2 aromatic rings. The fourth-order valence-electron chi connectivity index (χ4n) is 3.12. The summed E-state index contributed by atoms with van der Waals surface area (Å²) < 4.78 is 1.63. The van der Waals surface area contributed by atoms with Crippen LogP contribution in [0.2, 0.25) is 5.02 Å². The SMILES string of the molecule is Cc1nn(C)cc1C1=NO[C@@H]2C(=O)N(c3ccccc3Cl)C(=O)[C@@H]12. The lowest BCUT2D eigenvalue weighted by Crippen LogP contribution is -2.33. The topological polar surface area (TPSA) is 76.8 Å². The van der Waals surface area contributed by atoms with E-state index in [1.807, 2.05) is 6.92 Å². The molecule has 4 rings (SSSR count). The van der Waals surface area contributed by atoms with Crippen LogP contribution in [0, 0.1) is 12.8 Å². The highest BCUT2D eigenvalue weighted by molar-refractivity contribution is 6.38. The van der Waals surface area contributed by atoms with Crippen LogP contribution in [0.25, 0.3) is 0 Å². The lowest BCUT2D eigenvalue weighted by molar-refractivity contribution is -0.126. The Morgan fingerprint density at radius 3 is 2.62 bits per heavy atom. The van der Waals surface area contributed by atoms with Crippen molar-refractivity contribution in [3.8, 4) is 0 Å². The van der Waals surface area contributed by atoms with Crippen molar-refractivity contribution in [3.63, 3.8) is 0 Å². The quantitative estimate of drug-likeness (QED) is 0.777. The molecule has 1 saturated heterocycles. The molecular weight excluding hydrogens is 332 g/mol. The van der Waals surface area contributed by atoms with Crippen molar-refractivity contribution in [2.24, 2.45) is 18.1 Å². The van der Waals surface area contributed by atoms with E-state index >= 15 is 0 Å². The molecule has 3 heterocycles. The van der Waals surface area contributed by atoms with Gasteiger partial charge in [-0.2, -0.15) is 5.10 Å². The first-order valence-corrected chi connectivity index (χ1v) is 7.73. The summed E-state index contributed by atoms with van der Waals surface area (Å²) in [7, 11) is 1.78. The Hall–Kier alpha value is -2.67. The molecule has 122 valence electrons. The fraction of sp³-hybridized carbons (Fsp3) is 0.250. The minimum absolute atomic E-state index is 0.329. The van der Waals surface area contributed by atoms with Crippen molar-refractivity contribution in [2.75, 3.05) is 4.90 Å². The maximum Gasteiger partial charge on any atom is 0.279 e. The molecule has 8 heteroatoms. The van der Waals surface area contributed by atoms with Crippen molar-refractivity contribution in [1.29, 1.82) is 0 Å². The van der Waals surface area contributed by atoms with Crippen LogP contribution in [-0.2, 0) is 21.5 Å². The number of halogens is 1. The van der Waals surface area contributed by atoms with E-state index in [-0.39, 0.29) is 0 Å². The smallest absolute Gasteiger partial charge is 0.279 e. The van der Waals surface area contributed by atoms with Crippen LogP contribution >= 0.6 is 11.6 Å². The van der Waals surface area contributed by atoms with Gasteiger partial charge >= 0.3 is 0 Å². The van der Waals surface area contributed by atoms with Crippen LogP contribution in [0.15, 0.2) is 35.6 Å². The number of amides is 2. The Morgan fingerprint density at radius 1 is 1.21 bits per heavy atom. The molecule has 0 aliphatic carbocycles. The fourth-order valence-corrected chi connectivity index (χ4v) is 3.34. The Morgan fingerprint density at radius 2 is 1.96 bits per heavy atom. The van der Waals surface area contributed by atoms with Crippen molar-refractivity contribution in [1.82, 2.24) is 9.78 Å². The number of rotatable bonds is 2. The van der Waals surface area contributed by atoms with Crippen LogP contribution in [0.4, 0.5) is 5.69 Å². The van der Waals surface area contributed by atoms with E-state index in [1.165, 1.54) is 0 Å². The zero-order chi connectivity index (χ0) is 17.0. The molecule has 24 heavy (non-hydrogen) atoms. The Bertz CT molecular complexity index is 904. The Kier molecular flexibility index (Phi) is 3.21. The minimum atomic E-state index is -0.955. The zero-order valence-corrected chi connectivity index (χ0v) is 13.7. The van der Waals surface area contributed by atoms with Gasteiger partial charge in [0, 0.05) is 18.8 Å². The standard InChI is InChI=1S/C16H13ClN4O3/c1-8-9(7-20(2)18-8)13-12-14(24-19-13)16(23)21(15(12)22)11-6-4-3-5-10(11)17/h3-7,12,14H,1-2H3/t12-,14-/m0/s1. The molecule has 1 fully saturated rings. The number of fused-ring (bicyclic) bond motifs is 1. The second-order valence-electron chi connectivity index (χ2n) is 5.75. The van der Waals surface area contributed by atoms with E-state index in [2.05, 4.69) is 10.3 Å². The van der Waals surface area contributed by atoms with Crippen LogP contribution in [0.5, 0.6) is 0 Å². The highest BCUT2D eigenvalue weighted by Gasteiger charge is 2.56. The van der Waals surface area contributed by atoms with Crippen molar-refractivity contribution in [2.45, 2.75) is 13.0 Å². The largest absolute Gasteiger partial charge is 0.381 e. The van der Waals surface area contributed by atoms with Crippen molar-refractivity contribution < 1.29 is 14.4 Å². The lowest BCUT2D eigenvalue weighted by atomic mass is 9.94. The van der Waals surface area contributed by atoms with Gasteiger partial charge < -0.3 is 4.84 Å². The van der Waals surface area contributed by atoms with E-state index < -0.39 is 23.8 Å². The summed E-state index contributed by atoms with van der Waals surface area (Å²) in [5.41, 5.74) is 2.21. The van der Waals surface area contributed by atoms with E-state index in [9.17, 15) is 9.59 Å². The first-order chi connectivity index (χ1) is 11.5. The maximum atomic E-state index is 12.9. The number of aryl methyl sites for hydroxylation is 2. The molecule has 2 amide bonds. The van der Waals surface area contributed by atoms with Gasteiger partial charge in [0.15, 0.2) is 0 Å². The van der Waals surface area contributed by atoms with E-state index in [4.69, 9.17) is 16.4 Å². The molecule has 7 nitrogen and oxygen atoms in total. The number of oxime groups is 1. The summed E-state index contributed by atoms with van der Waals surface area (Å²) in [6, 6.07) is 6.72.